The largest absolute Gasteiger partial charge is 0.287 e. The Morgan fingerprint density at radius 1 is 1.35 bits per heavy atom. The molecular weight excluding hydrogens is 300 g/mol. The molecule has 2 nitrogen and oxygen atoms in total. The third kappa shape index (κ3) is 3.97. The van der Waals surface area contributed by atoms with E-state index in [9.17, 15) is 0 Å². The Hall–Kier alpha value is -1.74. The number of rotatable bonds is 6. The third-order valence-electron chi connectivity index (χ3n) is 4.39. The van der Waals surface area contributed by atoms with Crippen LogP contribution >= 0.6 is 11.3 Å². The van der Waals surface area contributed by atoms with Crippen molar-refractivity contribution in [1.29, 1.82) is 0 Å². The molecule has 0 unspecified atom stereocenters. The van der Waals surface area contributed by atoms with Gasteiger partial charge in [0, 0.05) is 18.1 Å². The van der Waals surface area contributed by atoms with Gasteiger partial charge in [-0.1, -0.05) is 31.6 Å². The molecule has 0 atom stereocenters. The summed E-state index contributed by atoms with van der Waals surface area (Å²) in [6, 6.07) is 2.24. The fourth-order valence-electron chi connectivity index (χ4n) is 3.33. The molecule has 1 aromatic rings. The van der Waals surface area contributed by atoms with Crippen LogP contribution in [0.15, 0.2) is 46.6 Å². The van der Waals surface area contributed by atoms with Crippen LogP contribution < -0.4 is 0 Å². The van der Waals surface area contributed by atoms with Crippen LogP contribution in [0.1, 0.15) is 47.9 Å². The molecule has 1 fully saturated rings. The molecule has 3 heteroatoms. The molecule has 1 aliphatic rings. The number of aliphatic imine (C=N–C) groups is 2. The first-order valence-electron chi connectivity index (χ1n) is 8.15. The Bertz CT molecular complexity index is 668. The van der Waals surface area contributed by atoms with Gasteiger partial charge in [0.2, 0.25) is 0 Å². The van der Waals surface area contributed by atoms with Crippen LogP contribution in [0.2, 0.25) is 0 Å². The van der Waals surface area contributed by atoms with E-state index in [0.717, 1.165) is 11.3 Å². The summed E-state index contributed by atoms with van der Waals surface area (Å²) in [5, 5.41) is 0. The second kappa shape index (κ2) is 8.21. The number of allylic oxidation sites excluding steroid dienone is 4. The zero-order chi connectivity index (χ0) is 16.8. The normalized spacial score (nSPS) is 17.6. The van der Waals surface area contributed by atoms with E-state index >= 15 is 0 Å². The number of thiophene rings is 1. The summed E-state index contributed by atoms with van der Waals surface area (Å²) in [6.07, 6.45) is 11.2. The molecule has 0 aliphatic heterocycles. The van der Waals surface area contributed by atoms with E-state index in [1.165, 1.54) is 46.6 Å². The highest BCUT2D eigenvalue weighted by Crippen LogP contribution is 2.41. The van der Waals surface area contributed by atoms with Crippen LogP contribution in [0.4, 0.5) is 0 Å². The van der Waals surface area contributed by atoms with Crippen LogP contribution in [0.3, 0.4) is 0 Å². The highest BCUT2D eigenvalue weighted by molar-refractivity contribution is 7.15. The molecule has 0 radical (unpaired) electrons. The molecule has 0 saturated heterocycles. The monoisotopic (exact) mass is 326 g/mol. The minimum atomic E-state index is 0.673. The van der Waals surface area contributed by atoms with Crippen LogP contribution in [0.5, 0.6) is 0 Å². The maximum Gasteiger partial charge on any atom is 0.0787 e. The SMILES string of the molecule is C=C/C=C(\c1sc(C(=NC)/C(C)=C\N=C)cc1C)C1CCCC1. The van der Waals surface area contributed by atoms with Crippen LogP contribution in [-0.4, -0.2) is 19.5 Å². The van der Waals surface area contributed by atoms with Crippen molar-refractivity contribution < 1.29 is 0 Å². The molecule has 0 spiro atoms. The van der Waals surface area contributed by atoms with Crippen LogP contribution in [-0.2, 0) is 0 Å². The lowest BCUT2D eigenvalue weighted by Gasteiger charge is -2.14. The Labute approximate surface area is 144 Å². The van der Waals surface area contributed by atoms with Crippen molar-refractivity contribution in [1.82, 2.24) is 0 Å². The van der Waals surface area contributed by atoms with E-state index in [1.807, 2.05) is 31.4 Å². The van der Waals surface area contributed by atoms with Gasteiger partial charge in [0.25, 0.3) is 0 Å². The average Bonchev–Trinajstić information content (AvgIpc) is 3.16. The Morgan fingerprint density at radius 2 is 2.04 bits per heavy atom. The quantitative estimate of drug-likeness (QED) is 0.463. The molecular formula is C20H26N2S. The van der Waals surface area contributed by atoms with Gasteiger partial charge in [0.05, 0.1) is 10.6 Å². The predicted molar refractivity (Wildman–Crippen MR) is 105 cm³/mol. The lowest BCUT2D eigenvalue weighted by molar-refractivity contribution is 0.707. The van der Waals surface area contributed by atoms with Gasteiger partial charge in [0.15, 0.2) is 0 Å². The van der Waals surface area contributed by atoms with E-state index in [2.05, 4.69) is 42.3 Å². The van der Waals surface area contributed by atoms with E-state index in [4.69, 9.17) is 0 Å². The van der Waals surface area contributed by atoms with Crippen molar-refractivity contribution in [3.8, 4) is 0 Å². The van der Waals surface area contributed by atoms with Gasteiger partial charge in [0.1, 0.15) is 0 Å². The van der Waals surface area contributed by atoms with Crippen molar-refractivity contribution in [2.75, 3.05) is 7.05 Å². The minimum Gasteiger partial charge on any atom is -0.287 e. The molecule has 0 aromatic carbocycles. The number of hydrogen-bond acceptors (Lipinski definition) is 3. The van der Waals surface area contributed by atoms with Crippen LogP contribution in [0, 0.1) is 12.8 Å². The second-order valence-electron chi connectivity index (χ2n) is 6.03. The summed E-state index contributed by atoms with van der Waals surface area (Å²) < 4.78 is 0. The summed E-state index contributed by atoms with van der Waals surface area (Å²) in [5.74, 6) is 0.673. The number of aryl methyl sites for hydroxylation is 1. The molecule has 0 amide bonds. The highest BCUT2D eigenvalue weighted by Gasteiger charge is 2.23. The molecule has 1 saturated carbocycles. The summed E-state index contributed by atoms with van der Waals surface area (Å²) in [4.78, 5) is 10.9. The molecule has 0 N–H and O–H groups in total. The van der Waals surface area contributed by atoms with Gasteiger partial charge in [-0.3, -0.25) is 9.98 Å². The fraction of sp³-hybridized carbons (Fsp3) is 0.400. The van der Waals surface area contributed by atoms with Gasteiger partial charge in [-0.25, -0.2) is 0 Å². The van der Waals surface area contributed by atoms with E-state index in [0.29, 0.717) is 5.92 Å². The first-order valence-corrected chi connectivity index (χ1v) is 8.97. The van der Waals surface area contributed by atoms with Crippen molar-refractivity contribution in [3.05, 3.63) is 51.9 Å². The minimum absolute atomic E-state index is 0.673. The zero-order valence-corrected chi connectivity index (χ0v) is 15.2. The maximum atomic E-state index is 4.47. The van der Waals surface area contributed by atoms with Crippen LogP contribution in [0.25, 0.3) is 5.57 Å². The number of hydrogen-bond donors (Lipinski definition) is 0. The fourth-order valence-corrected chi connectivity index (χ4v) is 4.70. The first-order chi connectivity index (χ1) is 11.1. The third-order valence-corrected chi connectivity index (χ3v) is 5.68. The second-order valence-corrected chi connectivity index (χ2v) is 7.08. The maximum absolute atomic E-state index is 4.47. The van der Waals surface area contributed by atoms with Crippen molar-refractivity contribution in [2.45, 2.75) is 39.5 Å². The highest BCUT2D eigenvalue weighted by atomic mass is 32.1. The lowest BCUT2D eigenvalue weighted by atomic mass is 9.94. The average molecular weight is 327 g/mol. The molecule has 2 rings (SSSR count). The smallest absolute Gasteiger partial charge is 0.0787 e. The Balaban J connectivity index is 2.43. The molecule has 1 aromatic heterocycles. The molecule has 23 heavy (non-hydrogen) atoms. The lowest BCUT2D eigenvalue weighted by Crippen LogP contribution is -1.99. The standard InChI is InChI=1S/C20H26N2S/c1-6-9-17(16-10-7-8-11-16)20-14(2)12-18(23-20)19(22-5)15(3)13-21-4/h6,9,12-13,16H,1,4,7-8,10-11H2,2-3,5H3/b15-13-,17-9-,22-19?. The summed E-state index contributed by atoms with van der Waals surface area (Å²) in [7, 11) is 1.84. The van der Waals surface area contributed by atoms with E-state index < -0.39 is 0 Å². The topological polar surface area (TPSA) is 24.7 Å². The summed E-state index contributed by atoms with van der Waals surface area (Å²) in [6.45, 7) is 11.7. The Kier molecular flexibility index (Phi) is 6.28. The van der Waals surface area contributed by atoms with Gasteiger partial charge >= 0.3 is 0 Å². The predicted octanol–water partition coefficient (Wildman–Crippen LogP) is 5.84. The van der Waals surface area contributed by atoms with E-state index in [1.54, 1.807) is 6.20 Å². The first kappa shape index (κ1) is 17.6. The molecule has 122 valence electrons. The van der Waals surface area contributed by atoms with Gasteiger partial charge in [-0.2, -0.15) is 0 Å². The van der Waals surface area contributed by atoms with Gasteiger partial charge < -0.3 is 0 Å². The van der Waals surface area contributed by atoms with Gasteiger partial charge in [-0.05, 0) is 62.1 Å². The van der Waals surface area contributed by atoms with Crippen molar-refractivity contribution in [3.63, 3.8) is 0 Å². The Morgan fingerprint density at radius 3 is 2.61 bits per heavy atom. The van der Waals surface area contributed by atoms with E-state index in [-0.39, 0.29) is 0 Å². The van der Waals surface area contributed by atoms with Crippen molar-refractivity contribution in [2.24, 2.45) is 15.9 Å². The molecule has 1 heterocycles. The van der Waals surface area contributed by atoms with Crippen molar-refractivity contribution >= 4 is 29.3 Å². The molecule has 1 aliphatic carbocycles. The number of nitrogens with zero attached hydrogens (tertiary/aromatic N) is 2. The zero-order valence-electron chi connectivity index (χ0n) is 14.4. The summed E-state index contributed by atoms with van der Waals surface area (Å²) >= 11 is 1.83. The van der Waals surface area contributed by atoms with Gasteiger partial charge in [-0.15, -0.1) is 11.3 Å². The summed E-state index contributed by atoms with van der Waals surface area (Å²) in [5.41, 5.74) is 4.82. The molecule has 0 bridgehead atoms.